The van der Waals surface area contributed by atoms with Gasteiger partial charge in [-0.25, -0.2) is 5.84 Å². The zero-order chi connectivity index (χ0) is 15.4. The lowest BCUT2D eigenvalue weighted by Gasteiger charge is -2.08. The molecule has 0 aliphatic heterocycles. The van der Waals surface area contributed by atoms with Gasteiger partial charge in [-0.1, -0.05) is 23.7 Å². The van der Waals surface area contributed by atoms with Crippen LogP contribution in [-0.4, -0.2) is 10.8 Å². The van der Waals surface area contributed by atoms with Crippen LogP contribution in [0.4, 0.5) is 5.69 Å². The zero-order valence-corrected chi connectivity index (χ0v) is 11.6. The normalized spacial score (nSPS) is 10.2. The summed E-state index contributed by atoms with van der Waals surface area (Å²) >= 11 is 5.82. The van der Waals surface area contributed by atoms with E-state index in [1.54, 1.807) is 24.3 Å². The monoisotopic (exact) mass is 305 g/mol. The third-order valence-corrected chi connectivity index (χ3v) is 3.24. The molecule has 2 aromatic rings. The van der Waals surface area contributed by atoms with Crippen LogP contribution < -0.4 is 11.3 Å². The fourth-order valence-electron chi connectivity index (χ4n) is 1.96. The van der Waals surface area contributed by atoms with E-state index in [1.165, 1.54) is 18.2 Å². The number of hydrogen-bond donors (Lipinski definition) is 2. The molecule has 0 fully saturated rings. The minimum absolute atomic E-state index is 0.0764. The number of halogens is 1. The summed E-state index contributed by atoms with van der Waals surface area (Å²) in [5.41, 5.74) is 3.67. The van der Waals surface area contributed by atoms with Crippen molar-refractivity contribution in [1.82, 2.24) is 5.43 Å². The fourth-order valence-corrected chi connectivity index (χ4v) is 2.09. The molecular weight excluding hydrogens is 294 g/mol. The minimum Gasteiger partial charge on any atom is -0.290 e. The molecule has 0 aromatic heterocycles. The second-order valence-electron chi connectivity index (χ2n) is 4.38. The molecule has 2 aromatic carbocycles. The Balaban J connectivity index is 2.42. The van der Waals surface area contributed by atoms with E-state index < -0.39 is 10.8 Å². The van der Waals surface area contributed by atoms with Crippen LogP contribution in [0, 0.1) is 10.1 Å². The number of carbonyl (C=O) groups is 1. The van der Waals surface area contributed by atoms with Gasteiger partial charge in [-0.15, -0.1) is 0 Å². The first-order valence-electron chi connectivity index (χ1n) is 6.04. The molecule has 0 aliphatic rings. The maximum atomic E-state index is 11.7. The largest absolute Gasteiger partial charge is 0.290 e. The number of nitro groups is 1. The van der Waals surface area contributed by atoms with Gasteiger partial charge in [-0.3, -0.25) is 20.3 Å². The molecule has 0 atom stereocenters. The van der Waals surface area contributed by atoms with E-state index in [2.05, 4.69) is 0 Å². The van der Waals surface area contributed by atoms with Crippen molar-refractivity contribution in [3.63, 3.8) is 0 Å². The number of nitrogens with one attached hydrogen (secondary N) is 1. The number of nitrogen functional groups attached to an aromatic ring is 1. The molecule has 0 heterocycles. The lowest BCUT2D eigenvalue weighted by molar-refractivity contribution is -0.384. The lowest BCUT2D eigenvalue weighted by atomic mass is 9.98. The minimum atomic E-state index is -0.504. The maximum absolute atomic E-state index is 11.7. The van der Waals surface area contributed by atoms with Crippen molar-refractivity contribution in [3.05, 3.63) is 74.3 Å². The van der Waals surface area contributed by atoms with Gasteiger partial charge in [0.2, 0.25) is 0 Å². The topological polar surface area (TPSA) is 98.3 Å². The molecule has 0 aliphatic carbocycles. The Hall–Kier alpha value is -2.44. The summed E-state index contributed by atoms with van der Waals surface area (Å²) in [7, 11) is 0. The number of carbonyl (C=O) groups excluding carboxylic acids is 1. The summed E-state index contributed by atoms with van der Waals surface area (Å²) in [5, 5.41) is 11.5. The van der Waals surface area contributed by atoms with Gasteiger partial charge in [0.15, 0.2) is 0 Å². The summed E-state index contributed by atoms with van der Waals surface area (Å²) in [4.78, 5) is 22.1. The number of non-ortho nitro benzene ring substituents is 1. The van der Waals surface area contributed by atoms with Crippen molar-refractivity contribution < 1.29 is 9.72 Å². The Bertz CT molecular complexity index is 686. The van der Waals surface area contributed by atoms with Crippen molar-refractivity contribution in [2.24, 2.45) is 5.84 Å². The number of rotatable bonds is 4. The van der Waals surface area contributed by atoms with Gasteiger partial charge < -0.3 is 0 Å². The molecule has 1 amide bonds. The van der Waals surface area contributed by atoms with E-state index in [9.17, 15) is 14.9 Å². The third kappa shape index (κ3) is 3.56. The first-order valence-corrected chi connectivity index (χ1v) is 6.42. The molecule has 0 saturated carbocycles. The second kappa shape index (κ2) is 6.34. The number of nitrogens with two attached hydrogens (primary N) is 1. The van der Waals surface area contributed by atoms with Gasteiger partial charge in [-0.2, -0.15) is 0 Å². The number of nitro benzene ring substituents is 1. The maximum Gasteiger partial charge on any atom is 0.269 e. The number of hydrazine groups is 1. The smallest absolute Gasteiger partial charge is 0.269 e. The molecule has 0 unspecified atom stereocenters. The Morgan fingerprint density at radius 2 is 1.90 bits per heavy atom. The number of benzene rings is 2. The van der Waals surface area contributed by atoms with Gasteiger partial charge in [0.1, 0.15) is 0 Å². The van der Waals surface area contributed by atoms with Gasteiger partial charge >= 0.3 is 0 Å². The standard InChI is InChI=1S/C14H12ClN3O3/c15-11-3-1-9(2-4-11)7-10-8-12(18(20)21)5-6-13(10)14(19)17-16/h1-6,8H,7,16H2,(H,17,19). The highest BCUT2D eigenvalue weighted by molar-refractivity contribution is 6.30. The number of hydrogen-bond acceptors (Lipinski definition) is 4. The van der Waals surface area contributed by atoms with Crippen LogP contribution in [0.2, 0.25) is 5.02 Å². The van der Waals surface area contributed by atoms with Gasteiger partial charge in [0, 0.05) is 22.7 Å². The van der Waals surface area contributed by atoms with E-state index >= 15 is 0 Å². The molecule has 0 bridgehead atoms. The Morgan fingerprint density at radius 3 is 2.48 bits per heavy atom. The highest BCUT2D eigenvalue weighted by Gasteiger charge is 2.15. The van der Waals surface area contributed by atoms with E-state index in [0.29, 0.717) is 22.6 Å². The highest BCUT2D eigenvalue weighted by atomic mass is 35.5. The summed E-state index contributed by atoms with van der Waals surface area (Å²) in [6.07, 6.45) is 0.363. The molecule has 7 heteroatoms. The van der Waals surface area contributed by atoms with E-state index in [1.807, 2.05) is 5.43 Å². The average molecular weight is 306 g/mol. The second-order valence-corrected chi connectivity index (χ2v) is 4.81. The van der Waals surface area contributed by atoms with Crippen LogP contribution >= 0.6 is 11.6 Å². The SMILES string of the molecule is NNC(=O)c1ccc([N+](=O)[O-])cc1Cc1ccc(Cl)cc1. The van der Waals surface area contributed by atoms with Crippen molar-refractivity contribution in [3.8, 4) is 0 Å². The van der Waals surface area contributed by atoms with Crippen LogP contribution in [0.15, 0.2) is 42.5 Å². The van der Waals surface area contributed by atoms with Crippen molar-refractivity contribution >= 4 is 23.2 Å². The van der Waals surface area contributed by atoms with Gasteiger partial charge in [0.25, 0.3) is 11.6 Å². The lowest BCUT2D eigenvalue weighted by Crippen LogP contribution is -2.30. The van der Waals surface area contributed by atoms with Crippen LogP contribution in [0.3, 0.4) is 0 Å². The zero-order valence-electron chi connectivity index (χ0n) is 10.9. The number of amides is 1. The van der Waals surface area contributed by atoms with E-state index in [0.717, 1.165) is 5.56 Å². The highest BCUT2D eigenvalue weighted by Crippen LogP contribution is 2.21. The van der Waals surface area contributed by atoms with Crippen LogP contribution in [-0.2, 0) is 6.42 Å². The van der Waals surface area contributed by atoms with Crippen molar-refractivity contribution in [2.75, 3.05) is 0 Å². The average Bonchev–Trinajstić information content (AvgIpc) is 2.48. The predicted molar refractivity (Wildman–Crippen MR) is 79.0 cm³/mol. The van der Waals surface area contributed by atoms with E-state index in [-0.39, 0.29) is 5.69 Å². The quantitative estimate of drug-likeness (QED) is 0.392. The molecule has 108 valence electrons. The molecule has 3 N–H and O–H groups in total. The van der Waals surface area contributed by atoms with Gasteiger partial charge in [0.05, 0.1) is 4.92 Å². The number of nitrogens with zero attached hydrogens (tertiary/aromatic N) is 1. The van der Waals surface area contributed by atoms with Crippen molar-refractivity contribution in [1.29, 1.82) is 0 Å². The van der Waals surface area contributed by atoms with Crippen LogP contribution in [0.1, 0.15) is 21.5 Å². The first-order chi connectivity index (χ1) is 10.0. The Morgan fingerprint density at radius 1 is 1.24 bits per heavy atom. The van der Waals surface area contributed by atoms with E-state index in [4.69, 9.17) is 17.4 Å². The molecule has 0 spiro atoms. The summed E-state index contributed by atoms with van der Waals surface area (Å²) in [5.74, 6) is 4.64. The molecule has 21 heavy (non-hydrogen) atoms. The summed E-state index contributed by atoms with van der Waals surface area (Å²) in [6, 6.07) is 11.1. The third-order valence-electron chi connectivity index (χ3n) is 2.98. The summed E-state index contributed by atoms with van der Waals surface area (Å²) in [6.45, 7) is 0. The summed E-state index contributed by atoms with van der Waals surface area (Å²) < 4.78 is 0. The fraction of sp³-hybridized carbons (Fsp3) is 0.0714. The predicted octanol–water partition coefficient (Wildman–Crippen LogP) is 2.44. The molecule has 0 saturated heterocycles. The van der Waals surface area contributed by atoms with Crippen LogP contribution in [0.25, 0.3) is 0 Å². The molecule has 0 radical (unpaired) electrons. The Labute approximate surface area is 125 Å². The Kier molecular flexibility index (Phi) is 4.52. The first kappa shape index (κ1) is 15.0. The molecular formula is C14H12ClN3O3. The van der Waals surface area contributed by atoms with Crippen molar-refractivity contribution in [2.45, 2.75) is 6.42 Å². The molecule has 6 nitrogen and oxygen atoms in total. The van der Waals surface area contributed by atoms with Crippen LogP contribution in [0.5, 0.6) is 0 Å². The molecule has 2 rings (SSSR count). The van der Waals surface area contributed by atoms with Gasteiger partial charge in [-0.05, 0) is 35.7 Å².